The van der Waals surface area contributed by atoms with Gasteiger partial charge in [-0.3, -0.25) is 10.00 Å². The number of ether oxygens (including phenoxy) is 1. The van der Waals surface area contributed by atoms with E-state index >= 15 is 0 Å². The van der Waals surface area contributed by atoms with Crippen LogP contribution in [-0.4, -0.2) is 33.4 Å². The van der Waals surface area contributed by atoms with E-state index in [0.29, 0.717) is 6.54 Å². The molecule has 6 heteroatoms. The van der Waals surface area contributed by atoms with Crippen LogP contribution in [-0.2, 0) is 24.0 Å². The highest BCUT2D eigenvalue weighted by Crippen LogP contribution is 2.27. The molecule has 0 bridgehead atoms. The molecule has 140 valence electrons. The van der Waals surface area contributed by atoms with Gasteiger partial charge in [-0.15, -0.1) is 0 Å². The number of nitrogens with one attached hydrogen (secondary N) is 1. The number of fused-ring (bicyclic) bond motifs is 1. The standard InChI is InChI=1S/C20H28N4O2/c1-20(2,3)26-19(25)24-14-5-4-7-15-10-11-16(22-18(15)24)8-6-9-17-12-13-21-23-17/h10-13H,4-9,14H2,1-3H3,(H,21,23). The number of hydrogen-bond acceptors (Lipinski definition) is 4. The number of H-pyrrole nitrogens is 1. The van der Waals surface area contributed by atoms with Gasteiger partial charge >= 0.3 is 6.09 Å². The molecule has 3 rings (SSSR count). The van der Waals surface area contributed by atoms with Gasteiger partial charge in [-0.1, -0.05) is 6.07 Å². The lowest BCUT2D eigenvalue weighted by atomic mass is 10.1. The molecule has 0 aromatic carbocycles. The summed E-state index contributed by atoms with van der Waals surface area (Å²) < 4.78 is 5.59. The maximum Gasteiger partial charge on any atom is 0.416 e. The van der Waals surface area contributed by atoms with E-state index in [1.807, 2.05) is 33.0 Å². The van der Waals surface area contributed by atoms with E-state index in [0.717, 1.165) is 61.3 Å². The van der Waals surface area contributed by atoms with Crippen LogP contribution in [0.1, 0.15) is 57.0 Å². The first-order valence-corrected chi connectivity index (χ1v) is 9.40. The summed E-state index contributed by atoms with van der Waals surface area (Å²) in [5.41, 5.74) is 2.69. The van der Waals surface area contributed by atoms with Gasteiger partial charge in [-0.05, 0) is 77.0 Å². The Kier molecular flexibility index (Phi) is 5.59. The Morgan fingerprint density at radius 2 is 2.00 bits per heavy atom. The molecule has 0 spiro atoms. The first kappa shape index (κ1) is 18.4. The minimum absolute atomic E-state index is 0.304. The molecule has 0 atom stereocenters. The molecule has 0 aliphatic carbocycles. The number of aromatic nitrogens is 3. The third-order valence-electron chi connectivity index (χ3n) is 4.39. The van der Waals surface area contributed by atoms with Crippen molar-refractivity contribution in [3.8, 4) is 0 Å². The van der Waals surface area contributed by atoms with Gasteiger partial charge in [0.25, 0.3) is 0 Å². The fourth-order valence-corrected chi connectivity index (χ4v) is 3.15. The monoisotopic (exact) mass is 356 g/mol. The molecule has 1 aliphatic rings. The summed E-state index contributed by atoms with van der Waals surface area (Å²) in [6.45, 7) is 6.33. The predicted octanol–water partition coefficient (Wildman–Crippen LogP) is 4.06. The highest BCUT2D eigenvalue weighted by Gasteiger charge is 2.27. The number of hydrogen-bond donors (Lipinski definition) is 1. The van der Waals surface area contributed by atoms with E-state index in [4.69, 9.17) is 9.72 Å². The zero-order valence-corrected chi connectivity index (χ0v) is 15.9. The van der Waals surface area contributed by atoms with Crippen molar-refractivity contribution in [1.82, 2.24) is 15.2 Å². The number of carbonyl (C=O) groups excluding carboxylic acids is 1. The number of amides is 1. The zero-order valence-electron chi connectivity index (χ0n) is 15.9. The molecule has 1 N–H and O–H groups in total. The Hall–Kier alpha value is -2.37. The third-order valence-corrected chi connectivity index (χ3v) is 4.39. The van der Waals surface area contributed by atoms with E-state index in [9.17, 15) is 4.79 Å². The molecule has 1 amide bonds. The van der Waals surface area contributed by atoms with Crippen LogP contribution in [0.2, 0.25) is 0 Å². The summed E-state index contributed by atoms with van der Waals surface area (Å²) in [5, 5.41) is 7.02. The molecule has 6 nitrogen and oxygen atoms in total. The van der Waals surface area contributed by atoms with Gasteiger partial charge in [0.15, 0.2) is 0 Å². The molecular weight excluding hydrogens is 328 g/mol. The van der Waals surface area contributed by atoms with E-state index in [-0.39, 0.29) is 6.09 Å². The van der Waals surface area contributed by atoms with Gasteiger partial charge < -0.3 is 4.74 Å². The Bertz CT molecular complexity index is 735. The number of aryl methyl sites for hydroxylation is 3. The Morgan fingerprint density at radius 3 is 2.73 bits per heavy atom. The first-order chi connectivity index (χ1) is 12.4. The number of aromatic amines is 1. The van der Waals surface area contributed by atoms with Crippen molar-refractivity contribution < 1.29 is 9.53 Å². The molecular formula is C20H28N4O2. The summed E-state index contributed by atoms with van der Waals surface area (Å²) in [6, 6.07) is 6.20. The maximum absolute atomic E-state index is 12.7. The van der Waals surface area contributed by atoms with Crippen LogP contribution in [0.5, 0.6) is 0 Å². The molecule has 0 fully saturated rings. The fourth-order valence-electron chi connectivity index (χ4n) is 3.15. The topological polar surface area (TPSA) is 71.1 Å². The Morgan fingerprint density at radius 1 is 1.19 bits per heavy atom. The Balaban J connectivity index is 1.74. The van der Waals surface area contributed by atoms with Crippen molar-refractivity contribution in [2.24, 2.45) is 0 Å². The molecule has 1 aliphatic heterocycles. The summed E-state index contributed by atoms with van der Waals surface area (Å²) in [7, 11) is 0. The highest BCUT2D eigenvalue weighted by atomic mass is 16.6. The molecule has 2 aromatic rings. The van der Waals surface area contributed by atoms with Crippen molar-refractivity contribution in [1.29, 1.82) is 0 Å². The van der Waals surface area contributed by atoms with Crippen LogP contribution in [0.4, 0.5) is 10.6 Å². The van der Waals surface area contributed by atoms with Gasteiger partial charge in [0.05, 0.1) is 5.69 Å². The summed E-state index contributed by atoms with van der Waals surface area (Å²) in [6.07, 6.45) is 7.27. The first-order valence-electron chi connectivity index (χ1n) is 9.40. The molecule has 0 saturated carbocycles. The van der Waals surface area contributed by atoms with Crippen LogP contribution in [0.3, 0.4) is 0 Å². The van der Waals surface area contributed by atoms with Crippen molar-refractivity contribution in [2.45, 2.75) is 64.9 Å². The lowest BCUT2D eigenvalue weighted by Crippen LogP contribution is -2.38. The van der Waals surface area contributed by atoms with E-state index in [1.54, 1.807) is 4.90 Å². The number of anilines is 1. The van der Waals surface area contributed by atoms with Crippen LogP contribution in [0, 0.1) is 0 Å². The SMILES string of the molecule is CC(C)(C)OC(=O)N1CCCCc2ccc(CCCc3cc[nH]n3)nc21. The van der Waals surface area contributed by atoms with E-state index in [2.05, 4.69) is 22.3 Å². The second kappa shape index (κ2) is 7.89. The van der Waals surface area contributed by atoms with E-state index < -0.39 is 5.60 Å². The van der Waals surface area contributed by atoms with Gasteiger partial charge in [0, 0.05) is 18.4 Å². The number of carbonyl (C=O) groups is 1. The van der Waals surface area contributed by atoms with Crippen molar-refractivity contribution in [2.75, 3.05) is 11.4 Å². The van der Waals surface area contributed by atoms with Crippen LogP contribution >= 0.6 is 0 Å². The number of nitrogens with zero attached hydrogens (tertiary/aromatic N) is 3. The van der Waals surface area contributed by atoms with Crippen LogP contribution in [0.15, 0.2) is 24.4 Å². The summed E-state index contributed by atoms with van der Waals surface area (Å²) in [5.74, 6) is 0.772. The minimum Gasteiger partial charge on any atom is -0.443 e. The van der Waals surface area contributed by atoms with Gasteiger partial charge in [-0.25, -0.2) is 9.78 Å². The quantitative estimate of drug-likeness (QED) is 0.897. The van der Waals surface area contributed by atoms with Crippen molar-refractivity contribution in [3.63, 3.8) is 0 Å². The zero-order chi connectivity index (χ0) is 18.6. The maximum atomic E-state index is 12.7. The summed E-state index contributed by atoms with van der Waals surface area (Å²) in [4.78, 5) is 19.2. The molecule has 0 unspecified atom stereocenters. The average Bonchev–Trinajstić information content (AvgIpc) is 2.98. The van der Waals surface area contributed by atoms with Gasteiger partial charge in [0.1, 0.15) is 11.4 Å². The second-order valence-corrected chi connectivity index (χ2v) is 7.79. The van der Waals surface area contributed by atoms with Crippen molar-refractivity contribution in [3.05, 3.63) is 41.3 Å². The molecule has 0 saturated heterocycles. The normalized spacial score (nSPS) is 14.7. The van der Waals surface area contributed by atoms with Gasteiger partial charge in [-0.2, -0.15) is 5.10 Å². The minimum atomic E-state index is -0.509. The smallest absolute Gasteiger partial charge is 0.416 e. The number of pyridine rings is 1. The lowest BCUT2D eigenvalue weighted by Gasteiger charge is -2.27. The molecule has 2 aromatic heterocycles. The Labute approximate surface area is 155 Å². The fraction of sp³-hybridized carbons (Fsp3) is 0.550. The molecule has 26 heavy (non-hydrogen) atoms. The largest absolute Gasteiger partial charge is 0.443 e. The van der Waals surface area contributed by atoms with Crippen molar-refractivity contribution >= 4 is 11.9 Å². The highest BCUT2D eigenvalue weighted by molar-refractivity contribution is 5.87. The summed E-state index contributed by atoms with van der Waals surface area (Å²) >= 11 is 0. The number of rotatable bonds is 4. The average molecular weight is 356 g/mol. The van der Waals surface area contributed by atoms with Crippen LogP contribution < -0.4 is 4.90 Å². The van der Waals surface area contributed by atoms with E-state index in [1.165, 1.54) is 0 Å². The second-order valence-electron chi connectivity index (χ2n) is 7.79. The van der Waals surface area contributed by atoms with Crippen LogP contribution in [0.25, 0.3) is 0 Å². The molecule has 0 radical (unpaired) electrons. The predicted molar refractivity (Wildman–Crippen MR) is 101 cm³/mol. The molecule has 3 heterocycles. The third kappa shape index (κ3) is 4.84. The lowest BCUT2D eigenvalue weighted by molar-refractivity contribution is 0.0579. The van der Waals surface area contributed by atoms with Gasteiger partial charge in [0.2, 0.25) is 0 Å².